The molecule has 0 bridgehead atoms. The molecule has 0 radical (unpaired) electrons. The van der Waals surface area contributed by atoms with E-state index in [4.69, 9.17) is 15.4 Å². The summed E-state index contributed by atoms with van der Waals surface area (Å²) in [7, 11) is 0. The summed E-state index contributed by atoms with van der Waals surface area (Å²) in [5.41, 5.74) is 0.702. The maximum atomic E-state index is 12.4. The molecule has 0 amide bonds. The minimum Gasteiger partial charge on any atom is -0.373 e. The van der Waals surface area contributed by atoms with Crippen LogP contribution in [0.1, 0.15) is 12.2 Å². The summed E-state index contributed by atoms with van der Waals surface area (Å²) in [5.74, 6) is 1.10. The second kappa shape index (κ2) is 8.46. The molecule has 2 aromatic rings. The third kappa shape index (κ3) is 4.71. The molecule has 0 aliphatic carbocycles. The number of nitriles is 1. The highest BCUT2D eigenvalue weighted by Gasteiger charge is 2.22. The number of rotatable bonds is 6. The molecule has 1 atom stereocenters. The van der Waals surface area contributed by atoms with Crippen LogP contribution in [0.3, 0.4) is 0 Å². The van der Waals surface area contributed by atoms with E-state index in [1.165, 1.54) is 12.4 Å². The van der Waals surface area contributed by atoms with E-state index in [0.29, 0.717) is 49.1 Å². The second-order valence-corrected chi connectivity index (χ2v) is 5.88. The zero-order chi connectivity index (χ0) is 19.2. The summed E-state index contributed by atoms with van der Waals surface area (Å²) in [6, 6.07) is 3.92. The number of allylic oxidation sites excluding steroid dienone is 1. The summed E-state index contributed by atoms with van der Waals surface area (Å²) in [6.07, 6.45) is 2.95. The lowest BCUT2D eigenvalue weighted by atomic mass is 10.2. The van der Waals surface area contributed by atoms with E-state index < -0.39 is 12.1 Å². The fourth-order valence-electron chi connectivity index (χ4n) is 2.62. The van der Waals surface area contributed by atoms with Gasteiger partial charge >= 0.3 is 6.43 Å². The Morgan fingerprint density at radius 1 is 1.48 bits per heavy atom. The molecule has 1 fully saturated rings. The zero-order valence-corrected chi connectivity index (χ0v) is 14.3. The van der Waals surface area contributed by atoms with Gasteiger partial charge in [0.25, 0.3) is 0 Å². The van der Waals surface area contributed by atoms with E-state index in [-0.39, 0.29) is 6.10 Å². The predicted octanol–water partition coefficient (Wildman–Crippen LogP) is 0.464. The minimum absolute atomic E-state index is 0.150. The van der Waals surface area contributed by atoms with Crippen LogP contribution >= 0.6 is 0 Å². The van der Waals surface area contributed by atoms with Crippen LogP contribution in [0.5, 0.6) is 0 Å². The van der Waals surface area contributed by atoms with Crippen LogP contribution < -0.4 is 10.3 Å². The first kappa shape index (κ1) is 18.6. The van der Waals surface area contributed by atoms with Gasteiger partial charge in [0.2, 0.25) is 5.71 Å². The molecule has 27 heavy (non-hydrogen) atoms. The Hall–Kier alpha value is -3.19. The van der Waals surface area contributed by atoms with Crippen molar-refractivity contribution in [1.82, 2.24) is 19.9 Å². The van der Waals surface area contributed by atoms with Gasteiger partial charge in [-0.15, -0.1) is 0 Å². The smallest absolute Gasteiger partial charge is 0.320 e. The van der Waals surface area contributed by atoms with Crippen molar-refractivity contribution < 1.29 is 18.9 Å². The number of imidazole rings is 1. The third-order valence-corrected chi connectivity index (χ3v) is 3.99. The Morgan fingerprint density at radius 3 is 3.11 bits per heavy atom. The van der Waals surface area contributed by atoms with Crippen LogP contribution in [-0.4, -0.2) is 57.9 Å². The van der Waals surface area contributed by atoms with Crippen LogP contribution in [0.4, 0.5) is 14.6 Å². The third-order valence-electron chi connectivity index (χ3n) is 3.99. The van der Waals surface area contributed by atoms with Crippen molar-refractivity contribution in [3.8, 4) is 17.5 Å². The van der Waals surface area contributed by atoms with Crippen molar-refractivity contribution in [2.45, 2.75) is 19.0 Å². The average molecular weight is 374 g/mol. The van der Waals surface area contributed by atoms with Crippen LogP contribution in [0.15, 0.2) is 24.7 Å². The van der Waals surface area contributed by atoms with Crippen molar-refractivity contribution in [3.63, 3.8) is 0 Å². The Morgan fingerprint density at radius 2 is 2.33 bits per heavy atom. The topological polar surface area (TPSA) is 116 Å². The number of H-pyrrole nitrogens is 1. The van der Waals surface area contributed by atoms with Gasteiger partial charge in [0.1, 0.15) is 18.0 Å². The molecule has 1 unspecified atom stereocenters. The van der Waals surface area contributed by atoms with E-state index >= 15 is 0 Å². The highest BCUT2D eigenvalue weighted by molar-refractivity contribution is 5.95. The summed E-state index contributed by atoms with van der Waals surface area (Å²) in [6.45, 7) is 1.76. The minimum atomic E-state index is -2.71. The van der Waals surface area contributed by atoms with Crippen LogP contribution in [0.25, 0.3) is 17.5 Å². The summed E-state index contributed by atoms with van der Waals surface area (Å²) < 4.78 is 30.4. The summed E-state index contributed by atoms with van der Waals surface area (Å²) in [4.78, 5) is 17.7. The largest absolute Gasteiger partial charge is 0.373 e. The Kier molecular flexibility index (Phi) is 5.83. The van der Waals surface area contributed by atoms with Gasteiger partial charge < -0.3 is 14.6 Å². The Labute approximate surface area is 154 Å². The van der Waals surface area contributed by atoms with Crippen LogP contribution in [-0.2, 0) is 4.74 Å². The van der Waals surface area contributed by atoms with Crippen molar-refractivity contribution in [2.24, 2.45) is 0 Å². The standard InChI is InChI=1S/C17H17F2N7O/c18-17(19)12(21)1-2-15-22-8-14(25-15)13-7-16(24-10-23-13)26-5-6-27-11(9-26)3-4-20/h1-2,7-8,10-11,17,21H,3,5-6,9H2,(H,22,25)/p+1/b2-1-,21-12?. The first-order valence-corrected chi connectivity index (χ1v) is 8.26. The normalized spacial score (nSPS) is 17.4. The first-order chi connectivity index (χ1) is 13.1. The number of nitrogens with two attached hydrogens (primary N) is 1. The number of halogens is 2. The first-order valence-electron chi connectivity index (χ1n) is 8.26. The van der Waals surface area contributed by atoms with Gasteiger partial charge in [-0.1, -0.05) is 0 Å². The van der Waals surface area contributed by atoms with Crippen molar-refractivity contribution >= 4 is 17.6 Å². The SMILES string of the molecule is N#CCC1CN(c2cc(-c3cnc(/C=C\C(=[NH2+])C(F)F)[nH]3)ncn2)CCO1. The van der Waals surface area contributed by atoms with E-state index in [2.05, 4.69) is 26.0 Å². The molecule has 0 aromatic carbocycles. The number of aromatic amines is 1. The molecule has 8 nitrogen and oxygen atoms in total. The fraction of sp³-hybridized carbons (Fsp3) is 0.353. The summed E-state index contributed by atoms with van der Waals surface area (Å²) >= 11 is 0. The number of aromatic nitrogens is 4. The van der Waals surface area contributed by atoms with Gasteiger partial charge in [-0.05, 0) is 6.08 Å². The molecule has 3 heterocycles. The monoisotopic (exact) mass is 374 g/mol. The molecule has 1 saturated heterocycles. The number of ether oxygens (including phenoxy) is 1. The molecule has 10 heteroatoms. The Balaban J connectivity index is 1.74. The molecule has 3 rings (SSSR count). The van der Waals surface area contributed by atoms with Gasteiger partial charge in [-0.25, -0.2) is 15.0 Å². The molecule has 3 N–H and O–H groups in total. The van der Waals surface area contributed by atoms with Gasteiger partial charge in [-0.3, -0.25) is 5.41 Å². The van der Waals surface area contributed by atoms with Crippen molar-refractivity contribution in [1.29, 1.82) is 5.26 Å². The number of morpholine rings is 1. The van der Waals surface area contributed by atoms with Crippen molar-refractivity contribution in [2.75, 3.05) is 24.6 Å². The number of nitrogens with zero attached hydrogens (tertiary/aromatic N) is 5. The van der Waals surface area contributed by atoms with E-state index in [1.807, 2.05) is 4.90 Å². The van der Waals surface area contributed by atoms with Gasteiger partial charge in [0.15, 0.2) is 0 Å². The van der Waals surface area contributed by atoms with Gasteiger partial charge in [-0.2, -0.15) is 14.0 Å². The van der Waals surface area contributed by atoms with Gasteiger partial charge in [0.05, 0.1) is 42.8 Å². The summed E-state index contributed by atoms with van der Waals surface area (Å²) in [5, 5.41) is 14.0. The lowest BCUT2D eigenvalue weighted by Crippen LogP contribution is -2.42. The lowest BCUT2D eigenvalue weighted by molar-refractivity contribution is -0.124. The van der Waals surface area contributed by atoms with Gasteiger partial charge in [0, 0.05) is 25.2 Å². The molecule has 0 spiro atoms. The molecule has 1 aliphatic heterocycles. The number of alkyl halides is 2. The highest BCUT2D eigenvalue weighted by Crippen LogP contribution is 2.21. The zero-order valence-electron chi connectivity index (χ0n) is 14.3. The molecule has 0 saturated carbocycles. The van der Waals surface area contributed by atoms with E-state index in [0.717, 1.165) is 6.08 Å². The maximum Gasteiger partial charge on any atom is 0.320 e. The maximum absolute atomic E-state index is 12.4. The van der Waals surface area contributed by atoms with Crippen LogP contribution in [0.2, 0.25) is 0 Å². The average Bonchev–Trinajstić information content (AvgIpc) is 3.16. The second-order valence-electron chi connectivity index (χ2n) is 5.88. The molecule has 140 valence electrons. The quantitative estimate of drug-likeness (QED) is 0.710. The molecular formula is C17H18F2N7O+. The molecule has 2 aromatic heterocycles. The lowest BCUT2D eigenvalue weighted by Gasteiger charge is -2.32. The van der Waals surface area contributed by atoms with E-state index in [1.54, 1.807) is 12.3 Å². The number of hydrogen-bond donors (Lipinski definition) is 2. The molecule has 1 aliphatic rings. The van der Waals surface area contributed by atoms with Crippen LogP contribution in [0, 0.1) is 11.3 Å². The highest BCUT2D eigenvalue weighted by atomic mass is 19.3. The predicted molar refractivity (Wildman–Crippen MR) is 93.8 cm³/mol. The fourth-order valence-corrected chi connectivity index (χ4v) is 2.62. The van der Waals surface area contributed by atoms with Crippen molar-refractivity contribution in [3.05, 3.63) is 30.5 Å². The Bertz CT molecular complexity index is 874. The van der Waals surface area contributed by atoms with E-state index in [9.17, 15) is 8.78 Å². The number of hydrogen-bond acceptors (Lipinski definition) is 6. The molecular weight excluding hydrogens is 356 g/mol. The number of nitrogens with one attached hydrogen (secondary N) is 1. The number of anilines is 1.